The highest BCUT2D eigenvalue weighted by atomic mass is 32.1. The molecule has 1 heterocycles. The van der Waals surface area contributed by atoms with Crippen molar-refractivity contribution in [2.75, 3.05) is 0 Å². The van der Waals surface area contributed by atoms with Crippen LogP contribution in [-0.2, 0) is 17.4 Å². The highest BCUT2D eigenvalue weighted by Gasteiger charge is 2.32. The molecular formula is C8H8F3NO2S. The maximum atomic E-state index is 12.2. The van der Waals surface area contributed by atoms with Crippen LogP contribution in [0.15, 0.2) is 12.1 Å². The minimum Gasteiger partial charge on any atom is -0.480 e. The standard InChI is InChI=1S/C8H8F3NO2S/c9-8(10,11)6-2-1-4(15-6)3-5(12)7(13)14/h1-2,5H,3,12H2,(H,13,14). The van der Waals surface area contributed by atoms with Crippen molar-refractivity contribution in [2.45, 2.75) is 18.6 Å². The summed E-state index contributed by atoms with van der Waals surface area (Å²) in [7, 11) is 0. The lowest BCUT2D eigenvalue weighted by Gasteiger charge is -2.03. The fraction of sp³-hybridized carbons (Fsp3) is 0.375. The molecule has 0 saturated heterocycles. The first kappa shape index (κ1) is 12.0. The number of thiophene rings is 1. The maximum Gasteiger partial charge on any atom is 0.425 e. The Bertz CT molecular complexity index is 361. The molecule has 0 aliphatic heterocycles. The number of alkyl halides is 3. The van der Waals surface area contributed by atoms with Crippen LogP contribution in [0.2, 0.25) is 0 Å². The average molecular weight is 239 g/mol. The van der Waals surface area contributed by atoms with Gasteiger partial charge in [-0.3, -0.25) is 4.79 Å². The number of carboxylic acid groups (broad SMARTS) is 1. The van der Waals surface area contributed by atoms with Crippen LogP contribution in [-0.4, -0.2) is 17.1 Å². The Balaban J connectivity index is 2.73. The first-order valence-electron chi connectivity index (χ1n) is 3.95. The van der Waals surface area contributed by atoms with E-state index in [0.717, 1.165) is 6.07 Å². The van der Waals surface area contributed by atoms with Crippen LogP contribution in [0.4, 0.5) is 13.2 Å². The lowest BCUT2D eigenvalue weighted by molar-refractivity contribution is -0.138. The molecular weight excluding hydrogens is 231 g/mol. The highest BCUT2D eigenvalue weighted by molar-refractivity contribution is 7.12. The van der Waals surface area contributed by atoms with Gasteiger partial charge in [0.2, 0.25) is 0 Å². The summed E-state index contributed by atoms with van der Waals surface area (Å²) in [6.07, 6.45) is -4.47. The molecule has 0 aromatic carbocycles. The van der Waals surface area contributed by atoms with Crippen molar-refractivity contribution >= 4 is 17.3 Å². The van der Waals surface area contributed by atoms with E-state index in [2.05, 4.69) is 0 Å². The van der Waals surface area contributed by atoms with Gasteiger partial charge in [-0.1, -0.05) is 0 Å². The van der Waals surface area contributed by atoms with Gasteiger partial charge in [-0.25, -0.2) is 0 Å². The molecule has 7 heteroatoms. The molecule has 0 bridgehead atoms. The van der Waals surface area contributed by atoms with Gasteiger partial charge in [0.25, 0.3) is 0 Å². The summed E-state index contributed by atoms with van der Waals surface area (Å²) >= 11 is 0.517. The average Bonchev–Trinajstić information content (AvgIpc) is 2.51. The Kier molecular flexibility index (Phi) is 3.35. The van der Waals surface area contributed by atoms with E-state index in [4.69, 9.17) is 10.8 Å². The molecule has 15 heavy (non-hydrogen) atoms. The molecule has 0 aliphatic rings. The van der Waals surface area contributed by atoms with Gasteiger partial charge in [0.05, 0.1) is 0 Å². The Hall–Kier alpha value is -1.08. The summed E-state index contributed by atoms with van der Waals surface area (Å²) in [5.41, 5.74) is 5.19. The predicted molar refractivity (Wildman–Crippen MR) is 48.6 cm³/mol. The van der Waals surface area contributed by atoms with Gasteiger partial charge in [-0.05, 0) is 12.1 Å². The number of carboxylic acids is 1. The fourth-order valence-corrected chi connectivity index (χ4v) is 1.88. The Morgan fingerprint density at radius 2 is 2.13 bits per heavy atom. The predicted octanol–water partition coefficient (Wildman–Crippen LogP) is 1.72. The van der Waals surface area contributed by atoms with E-state index in [-0.39, 0.29) is 6.42 Å². The zero-order valence-electron chi connectivity index (χ0n) is 7.41. The lowest BCUT2D eigenvalue weighted by Crippen LogP contribution is -2.31. The van der Waals surface area contributed by atoms with E-state index < -0.39 is 23.1 Å². The van der Waals surface area contributed by atoms with Crippen LogP contribution in [0, 0.1) is 0 Å². The van der Waals surface area contributed by atoms with Crippen LogP contribution in [0.1, 0.15) is 9.75 Å². The number of carbonyl (C=O) groups is 1. The number of hydrogen-bond acceptors (Lipinski definition) is 3. The summed E-state index contributed by atoms with van der Waals surface area (Å²) in [5.74, 6) is -1.23. The third kappa shape index (κ3) is 3.21. The van der Waals surface area contributed by atoms with Crippen molar-refractivity contribution in [3.05, 3.63) is 21.9 Å². The molecule has 3 nitrogen and oxygen atoms in total. The van der Waals surface area contributed by atoms with Gasteiger partial charge >= 0.3 is 12.1 Å². The summed E-state index contributed by atoms with van der Waals surface area (Å²) in [6.45, 7) is 0. The number of nitrogens with two attached hydrogens (primary N) is 1. The second kappa shape index (κ2) is 4.19. The number of hydrogen-bond donors (Lipinski definition) is 2. The van der Waals surface area contributed by atoms with Crippen molar-refractivity contribution < 1.29 is 23.1 Å². The number of halogens is 3. The van der Waals surface area contributed by atoms with Crippen LogP contribution < -0.4 is 5.73 Å². The number of aliphatic carboxylic acids is 1. The SMILES string of the molecule is NC(Cc1ccc(C(F)(F)F)s1)C(=O)O. The molecule has 0 saturated carbocycles. The van der Waals surface area contributed by atoms with E-state index in [9.17, 15) is 18.0 Å². The van der Waals surface area contributed by atoms with Crippen molar-refractivity contribution in [1.82, 2.24) is 0 Å². The van der Waals surface area contributed by atoms with Crippen LogP contribution in [0.3, 0.4) is 0 Å². The van der Waals surface area contributed by atoms with E-state index >= 15 is 0 Å². The van der Waals surface area contributed by atoms with Crippen molar-refractivity contribution in [1.29, 1.82) is 0 Å². The van der Waals surface area contributed by atoms with Crippen LogP contribution in [0.5, 0.6) is 0 Å². The molecule has 0 fully saturated rings. The molecule has 0 amide bonds. The summed E-state index contributed by atoms with van der Waals surface area (Å²) in [4.78, 5) is 9.94. The normalized spacial score (nSPS) is 13.9. The van der Waals surface area contributed by atoms with Gasteiger partial charge in [0.15, 0.2) is 0 Å². The smallest absolute Gasteiger partial charge is 0.425 e. The Morgan fingerprint density at radius 1 is 1.53 bits per heavy atom. The van der Waals surface area contributed by atoms with Gasteiger partial charge in [-0.2, -0.15) is 13.2 Å². The second-order valence-electron chi connectivity index (χ2n) is 2.91. The molecule has 84 valence electrons. The molecule has 3 N–H and O–H groups in total. The van der Waals surface area contributed by atoms with Crippen LogP contribution in [0.25, 0.3) is 0 Å². The first-order valence-corrected chi connectivity index (χ1v) is 4.76. The van der Waals surface area contributed by atoms with E-state index in [1.54, 1.807) is 0 Å². The Labute approximate surface area is 87.3 Å². The zero-order chi connectivity index (χ0) is 11.6. The largest absolute Gasteiger partial charge is 0.480 e. The van der Waals surface area contributed by atoms with E-state index in [1.165, 1.54) is 6.07 Å². The van der Waals surface area contributed by atoms with Gasteiger partial charge in [0, 0.05) is 11.3 Å². The summed E-state index contributed by atoms with van der Waals surface area (Å²) in [6, 6.07) is 1.01. The van der Waals surface area contributed by atoms with Gasteiger partial charge in [-0.15, -0.1) is 11.3 Å². The van der Waals surface area contributed by atoms with Crippen molar-refractivity contribution in [3.63, 3.8) is 0 Å². The third-order valence-corrected chi connectivity index (χ3v) is 2.83. The molecule has 1 rings (SSSR count). The molecule has 1 aromatic rings. The molecule has 1 atom stereocenters. The molecule has 0 radical (unpaired) electrons. The second-order valence-corrected chi connectivity index (χ2v) is 4.08. The quantitative estimate of drug-likeness (QED) is 0.844. The Morgan fingerprint density at radius 3 is 2.53 bits per heavy atom. The number of rotatable bonds is 3. The summed E-state index contributed by atoms with van der Waals surface area (Å²) in [5, 5.41) is 8.47. The first-order chi connectivity index (χ1) is 6.80. The lowest BCUT2D eigenvalue weighted by atomic mass is 10.2. The zero-order valence-corrected chi connectivity index (χ0v) is 8.23. The fourth-order valence-electron chi connectivity index (χ4n) is 0.944. The molecule has 1 unspecified atom stereocenters. The monoisotopic (exact) mass is 239 g/mol. The molecule has 0 aliphatic carbocycles. The van der Waals surface area contributed by atoms with E-state index in [1.807, 2.05) is 0 Å². The third-order valence-electron chi connectivity index (χ3n) is 1.68. The topological polar surface area (TPSA) is 63.3 Å². The summed E-state index contributed by atoms with van der Waals surface area (Å²) < 4.78 is 36.5. The molecule has 1 aromatic heterocycles. The molecule has 0 spiro atoms. The maximum absolute atomic E-state index is 12.2. The van der Waals surface area contributed by atoms with Gasteiger partial charge < -0.3 is 10.8 Å². The van der Waals surface area contributed by atoms with E-state index in [0.29, 0.717) is 16.2 Å². The van der Waals surface area contributed by atoms with Crippen molar-refractivity contribution in [2.24, 2.45) is 5.73 Å². The van der Waals surface area contributed by atoms with Gasteiger partial charge in [0.1, 0.15) is 10.9 Å². The minimum atomic E-state index is -4.38. The van der Waals surface area contributed by atoms with Crippen LogP contribution >= 0.6 is 11.3 Å². The highest BCUT2D eigenvalue weighted by Crippen LogP contribution is 2.34. The van der Waals surface area contributed by atoms with Crippen molar-refractivity contribution in [3.8, 4) is 0 Å². The minimum absolute atomic E-state index is 0.0872.